The van der Waals surface area contributed by atoms with E-state index in [1.165, 1.54) is 11.3 Å². The molecule has 1 aliphatic rings. The number of rotatable bonds is 6. The highest BCUT2D eigenvalue weighted by Gasteiger charge is 2.32. The highest BCUT2D eigenvalue weighted by Crippen LogP contribution is 2.27. The van der Waals surface area contributed by atoms with E-state index in [0.29, 0.717) is 6.54 Å². The lowest BCUT2D eigenvalue weighted by atomic mass is 10.4. The number of thiazole rings is 1. The summed E-state index contributed by atoms with van der Waals surface area (Å²) in [7, 11) is 0. The quantitative estimate of drug-likeness (QED) is 0.830. The Bertz CT molecular complexity index is 471. The third kappa shape index (κ3) is 4.20. The van der Waals surface area contributed by atoms with Gasteiger partial charge in [-0.05, 0) is 19.8 Å². The summed E-state index contributed by atoms with van der Waals surface area (Å²) in [5.74, 6) is -0.881. The zero-order chi connectivity index (χ0) is 13.8. The van der Waals surface area contributed by atoms with Crippen LogP contribution in [0.25, 0.3) is 0 Å². The summed E-state index contributed by atoms with van der Waals surface area (Å²) in [5.41, 5.74) is 0.944. The Hall–Kier alpha value is -1.63. The molecule has 1 saturated carbocycles. The van der Waals surface area contributed by atoms with Crippen LogP contribution in [-0.4, -0.2) is 39.6 Å². The van der Waals surface area contributed by atoms with Crippen molar-refractivity contribution in [2.75, 3.05) is 6.54 Å². The van der Waals surface area contributed by atoms with Crippen LogP contribution in [0.4, 0.5) is 4.79 Å². The summed E-state index contributed by atoms with van der Waals surface area (Å²) in [4.78, 5) is 28.5. The second kappa shape index (κ2) is 6.01. The Balaban J connectivity index is 1.83. The maximum atomic E-state index is 12.0. The van der Waals surface area contributed by atoms with E-state index in [2.05, 4.69) is 10.3 Å². The number of carboxylic acids is 1. The van der Waals surface area contributed by atoms with E-state index in [4.69, 9.17) is 5.11 Å². The molecule has 6 nitrogen and oxygen atoms in total. The molecule has 0 atom stereocenters. The fourth-order valence-electron chi connectivity index (χ4n) is 1.79. The number of carbonyl (C=O) groups is 2. The van der Waals surface area contributed by atoms with E-state index >= 15 is 0 Å². The number of hydrogen-bond donors (Lipinski definition) is 2. The maximum Gasteiger partial charge on any atom is 0.318 e. The van der Waals surface area contributed by atoms with E-state index in [9.17, 15) is 9.59 Å². The fourth-order valence-corrected chi connectivity index (χ4v) is 2.50. The molecule has 0 unspecified atom stereocenters. The van der Waals surface area contributed by atoms with Crippen LogP contribution in [0, 0.1) is 6.92 Å². The number of carboxylic acid groups (broad SMARTS) is 1. The number of aryl methyl sites for hydroxylation is 1. The van der Waals surface area contributed by atoms with E-state index in [1.807, 2.05) is 12.3 Å². The summed E-state index contributed by atoms with van der Waals surface area (Å²) in [5, 5.41) is 14.3. The molecular formula is C12H17N3O3S. The molecule has 19 heavy (non-hydrogen) atoms. The van der Waals surface area contributed by atoms with Crippen molar-refractivity contribution in [2.45, 2.75) is 38.8 Å². The Morgan fingerprint density at radius 2 is 2.32 bits per heavy atom. The average Bonchev–Trinajstić information content (AvgIpc) is 3.09. The molecule has 2 N–H and O–H groups in total. The standard InChI is InChI=1S/C12H17N3O3S/c1-8-7-19-10(14-8)6-13-12(18)15(9-2-3-9)5-4-11(16)17/h7,9H,2-6H2,1H3,(H,13,18)(H,16,17). The lowest BCUT2D eigenvalue weighted by Gasteiger charge is -2.21. The molecule has 1 aromatic rings. The summed E-state index contributed by atoms with van der Waals surface area (Å²) in [6.45, 7) is 2.57. The zero-order valence-electron chi connectivity index (χ0n) is 10.8. The van der Waals surface area contributed by atoms with Gasteiger partial charge in [0.15, 0.2) is 0 Å². The SMILES string of the molecule is Cc1csc(CNC(=O)N(CCC(=O)O)C2CC2)n1. The maximum absolute atomic E-state index is 12.0. The minimum absolute atomic E-state index is 0.0136. The molecule has 0 saturated heterocycles. The van der Waals surface area contributed by atoms with Crippen molar-refractivity contribution in [3.05, 3.63) is 16.1 Å². The first-order valence-corrected chi connectivity index (χ1v) is 7.11. The van der Waals surface area contributed by atoms with Gasteiger partial charge in [-0.25, -0.2) is 9.78 Å². The van der Waals surface area contributed by atoms with Crippen molar-refractivity contribution in [1.82, 2.24) is 15.2 Å². The monoisotopic (exact) mass is 283 g/mol. The summed E-state index contributed by atoms with van der Waals surface area (Å²) >= 11 is 1.51. The lowest BCUT2D eigenvalue weighted by Crippen LogP contribution is -2.42. The molecular weight excluding hydrogens is 266 g/mol. The van der Waals surface area contributed by atoms with Crippen molar-refractivity contribution in [3.8, 4) is 0 Å². The normalized spacial score (nSPS) is 14.2. The van der Waals surface area contributed by atoms with Crippen LogP contribution in [0.1, 0.15) is 30.0 Å². The molecule has 0 radical (unpaired) electrons. The first-order valence-electron chi connectivity index (χ1n) is 6.23. The van der Waals surface area contributed by atoms with Crippen LogP contribution in [-0.2, 0) is 11.3 Å². The molecule has 104 valence electrons. The molecule has 7 heteroatoms. The van der Waals surface area contributed by atoms with Crippen LogP contribution in [0.5, 0.6) is 0 Å². The van der Waals surface area contributed by atoms with Crippen molar-refractivity contribution in [2.24, 2.45) is 0 Å². The molecule has 2 amide bonds. The van der Waals surface area contributed by atoms with Crippen LogP contribution in [0.15, 0.2) is 5.38 Å². The van der Waals surface area contributed by atoms with Gasteiger partial charge >= 0.3 is 12.0 Å². The number of carbonyl (C=O) groups excluding carboxylic acids is 1. The average molecular weight is 283 g/mol. The predicted octanol–water partition coefficient (Wildman–Crippen LogP) is 1.60. The van der Waals surface area contributed by atoms with Crippen molar-refractivity contribution >= 4 is 23.3 Å². The molecule has 1 aromatic heterocycles. The van der Waals surface area contributed by atoms with E-state index in [0.717, 1.165) is 23.5 Å². The number of aromatic nitrogens is 1. The second-order valence-corrected chi connectivity index (χ2v) is 5.55. The summed E-state index contributed by atoms with van der Waals surface area (Å²) in [6, 6.07) is 0.00832. The van der Waals surface area contributed by atoms with Gasteiger partial charge in [0.05, 0.1) is 13.0 Å². The van der Waals surface area contributed by atoms with Crippen molar-refractivity contribution < 1.29 is 14.7 Å². The molecule has 0 aliphatic heterocycles. The Kier molecular flexibility index (Phi) is 4.36. The minimum Gasteiger partial charge on any atom is -0.481 e. The summed E-state index contributed by atoms with van der Waals surface area (Å²) in [6.07, 6.45) is 1.91. The van der Waals surface area contributed by atoms with Gasteiger partial charge in [0.1, 0.15) is 5.01 Å². The molecule has 0 spiro atoms. The van der Waals surface area contributed by atoms with Gasteiger partial charge in [0.2, 0.25) is 0 Å². The highest BCUT2D eigenvalue weighted by molar-refractivity contribution is 7.09. The zero-order valence-corrected chi connectivity index (χ0v) is 11.6. The van der Waals surface area contributed by atoms with Crippen molar-refractivity contribution in [1.29, 1.82) is 0 Å². The largest absolute Gasteiger partial charge is 0.481 e. The third-order valence-corrected chi connectivity index (χ3v) is 3.84. The van der Waals surface area contributed by atoms with Crippen LogP contribution in [0.3, 0.4) is 0 Å². The molecule has 0 bridgehead atoms. The fraction of sp³-hybridized carbons (Fsp3) is 0.583. The Morgan fingerprint density at radius 1 is 1.58 bits per heavy atom. The van der Waals surface area contributed by atoms with E-state index in [-0.39, 0.29) is 25.0 Å². The van der Waals surface area contributed by atoms with Crippen molar-refractivity contribution in [3.63, 3.8) is 0 Å². The number of hydrogen-bond acceptors (Lipinski definition) is 4. The van der Waals surface area contributed by atoms with Gasteiger partial charge in [0, 0.05) is 23.7 Å². The summed E-state index contributed by atoms with van der Waals surface area (Å²) < 4.78 is 0. The van der Waals surface area contributed by atoms with Crippen LogP contribution in [0.2, 0.25) is 0 Å². The molecule has 0 aromatic carbocycles. The van der Waals surface area contributed by atoms with Gasteiger partial charge in [-0.2, -0.15) is 0 Å². The minimum atomic E-state index is -0.881. The van der Waals surface area contributed by atoms with Crippen LogP contribution < -0.4 is 5.32 Å². The van der Waals surface area contributed by atoms with Gasteiger partial charge in [-0.15, -0.1) is 11.3 Å². The van der Waals surface area contributed by atoms with Gasteiger partial charge in [-0.1, -0.05) is 0 Å². The van der Waals surface area contributed by atoms with Gasteiger partial charge in [0.25, 0.3) is 0 Å². The van der Waals surface area contributed by atoms with E-state index in [1.54, 1.807) is 4.90 Å². The molecule has 2 rings (SSSR count). The van der Waals surface area contributed by atoms with E-state index < -0.39 is 5.97 Å². The number of amides is 2. The molecule has 1 aliphatic carbocycles. The second-order valence-electron chi connectivity index (χ2n) is 4.61. The number of aliphatic carboxylic acids is 1. The Morgan fingerprint density at radius 3 is 2.84 bits per heavy atom. The number of nitrogens with zero attached hydrogens (tertiary/aromatic N) is 2. The number of urea groups is 1. The van der Waals surface area contributed by atoms with Crippen LogP contribution >= 0.6 is 11.3 Å². The molecule has 1 fully saturated rings. The van der Waals surface area contributed by atoms with Gasteiger partial charge < -0.3 is 15.3 Å². The number of nitrogens with one attached hydrogen (secondary N) is 1. The predicted molar refractivity (Wildman–Crippen MR) is 71.1 cm³/mol. The highest BCUT2D eigenvalue weighted by atomic mass is 32.1. The third-order valence-electron chi connectivity index (χ3n) is 2.87. The van der Waals surface area contributed by atoms with Gasteiger partial charge in [-0.3, -0.25) is 4.79 Å². The molecule has 1 heterocycles. The smallest absolute Gasteiger partial charge is 0.318 e. The topological polar surface area (TPSA) is 82.5 Å². The lowest BCUT2D eigenvalue weighted by molar-refractivity contribution is -0.137. The first kappa shape index (κ1) is 13.8. The Labute approximate surface area is 115 Å². The first-order chi connectivity index (χ1) is 9.06.